The van der Waals surface area contributed by atoms with Crippen molar-refractivity contribution in [2.45, 2.75) is 50.1 Å². The molecule has 2 heterocycles. The van der Waals surface area contributed by atoms with Crippen molar-refractivity contribution < 1.29 is 27.1 Å². The van der Waals surface area contributed by atoms with E-state index < -0.39 is 16.1 Å². The number of hydrogen-bond donors (Lipinski definition) is 1. The van der Waals surface area contributed by atoms with Gasteiger partial charge in [0.05, 0.1) is 18.1 Å². The minimum Gasteiger partial charge on any atom is -0.379 e. The highest BCUT2D eigenvalue weighted by Crippen LogP contribution is 2.22. The van der Waals surface area contributed by atoms with Gasteiger partial charge < -0.3 is 15.0 Å². The van der Waals surface area contributed by atoms with Gasteiger partial charge in [0.25, 0.3) is 0 Å². The Morgan fingerprint density at radius 3 is 2.25 bits per heavy atom. The van der Waals surface area contributed by atoms with Crippen LogP contribution < -0.4 is 5.32 Å². The number of morpholine rings is 1. The van der Waals surface area contributed by atoms with Crippen LogP contribution in [0.2, 0.25) is 0 Å². The Morgan fingerprint density at radius 2 is 1.60 bits per heavy atom. The van der Waals surface area contributed by atoms with E-state index in [0.717, 1.165) is 37.1 Å². The van der Waals surface area contributed by atoms with Gasteiger partial charge in [0.1, 0.15) is 11.9 Å². The Morgan fingerprint density at radius 1 is 0.975 bits per heavy atom. The molecule has 2 saturated heterocycles. The molecule has 2 aliphatic rings. The SMILES string of the molecule is C[C@@H](C(=O)NCCN1CCOCC1)N(Cc1ccc(F)cc1)C(=O)CCc1ccc(S(=O)(=O)N2CCCC2)cc1. The predicted molar refractivity (Wildman–Crippen MR) is 149 cm³/mol. The summed E-state index contributed by atoms with van der Waals surface area (Å²) in [4.78, 5) is 30.4. The summed E-state index contributed by atoms with van der Waals surface area (Å²) in [5, 5.41) is 2.94. The topological polar surface area (TPSA) is 99.3 Å². The highest BCUT2D eigenvalue weighted by atomic mass is 32.2. The maximum absolute atomic E-state index is 13.5. The van der Waals surface area contributed by atoms with Crippen molar-refractivity contribution in [1.82, 2.24) is 19.4 Å². The van der Waals surface area contributed by atoms with Gasteiger partial charge in [-0.05, 0) is 61.6 Å². The van der Waals surface area contributed by atoms with Crippen molar-refractivity contribution in [3.8, 4) is 0 Å². The molecule has 0 aliphatic carbocycles. The molecule has 2 aromatic rings. The van der Waals surface area contributed by atoms with Crippen molar-refractivity contribution >= 4 is 21.8 Å². The number of carbonyl (C=O) groups is 2. The van der Waals surface area contributed by atoms with Crippen molar-refractivity contribution in [3.05, 3.63) is 65.5 Å². The summed E-state index contributed by atoms with van der Waals surface area (Å²) in [6, 6.07) is 11.8. The van der Waals surface area contributed by atoms with Gasteiger partial charge in [-0.15, -0.1) is 0 Å². The molecule has 1 N–H and O–H groups in total. The summed E-state index contributed by atoms with van der Waals surface area (Å²) in [5.74, 6) is -0.833. The van der Waals surface area contributed by atoms with Crippen LogP contribution in [0.15, 0.2) is 53.4 Å². The number of amides is 2. The third-order valence-electron chi connectivity index (χ3n) is 7.52. The van der Waals surface area contributed by atoms with Crippen LogP contribution in [0, 0.1) is 5.82 Å². The Labute approximate surface area is 236 Å². The molecular weight excluding hydrogens is 535 g/mol. The number of sulfonamides is 1. The standard InChI is InChI=1S/C29H39FN4O5S/c1-23(29(36)31-14-17-32-18-20-39-21-19-32)34(22-25-4-9-26(30)10-5-25)28(35)13-8-24-6-11-27(12-7-24)40(37,38)33-15-2-3-16-33/h4-7,9-12,23H,2-3,8,13-22H2,1H3,(H,31,36)/t23-/m0/s1. The second kappa shape index (κ2) is 14.2. The van der Waals surface area contributed by atoms with Gasteiger partial charge >= 0.3 is 0 Å². The summed E-state index contributed by atoms with van der Waals surface area (Å²) >= 11 is 0. The lowest BCUT2D eigenvalue weighted by molar-refractivity contribution is -0.140. The zero-order chi connectivity index (χ0) is 28.5. The smallest absolute Gasteiger partial charge is 0.243 e. The van der Waals surface area contributed by atoms with E-state index in [4.69, 9.17) is 4.74 Å². The van der Waals surface area contributed by atoms with Crippen LogP contribution in [0.5, 0.6) is 0 Å². The first-order valence-corrected chi connectivity index (χ1v) is 15.4. The maximum Gasteiger partial charge on any atom is 0.243 e. The summed E-state index contributed by atoms with van der Waals surface area (Å²) in [7, 11) is -3.50. The van der Waals surface area contributed by atoms with Crippen molar-refractivity contribution in [2.24, 2.45) is 0 Å². The van der Waals surface area contributed by atoms with E-state index >= 15 is 0 Å². The van der Waals surface area contributed by atoms with E-state index in [1.807, 2.05) is 0 Å². The Kier molecular flexibility index (Phi) is 10.7. The number of benzene rings is 2. The fourth-order valence-electron chi connectivity index (χ4n) is 4.98. The lowest BCUT2D eigenvalue weighted by Gasteiger charge is -2.30. The number of aryl methyl sites for hydroxylation is 1. The lowest BCUT2D eigenvalue weighted by Crippen LogP contribution is -2.49. The van der Waals surface area contributed by atoms with Crippen LogP contribution in [0.1, 0.15) is 37.3 Å². The molecule has 2 fully saturated rings. The van der Waals surface area contributed by atoms with Gasteiger partial charge in [0, 0.05) is 52.2 Å². The van der Waals surface area contributed by atoms with Crippen LogP contribution >= 0.6 is 0 Å². The second-order valence-corrected chi connectivity index (χ2v) is 12.3. The minimum absolute atomic E-state index is 0.144. The van der Waals surface area contributed by atoms with Gasteiger partial charge in [-0.3, -0.25) is 14.5 Å². The quantitative estimate of drug-likeness (QED) is 0.418. The first-order chi connectivity index (χ1) is 19.2. The van der Waals surface area contributed by atoms with Gasteiger partial charge in [-0.1, -0.05) is 24.3 Å². The molecule has 2 amide bonds. The molecular formula is C29H39FN4O5S. The molecule has 0 bridgehead atoms. The summed E-state index contributed by atoms with van der Waals surface area (Å²) in [6.45, 7) is 7.14. The van der Waals surface area contributed by atoms with Crippen molar-refractivity contribution in [2.75, 3.05) is 52.5 Å². The number of rotatable bonds is 12. The molecule has 0 spiro atoms. The lowest BCUT2D eigenvalue weighted by atomic mass is 10.1. The second-order valence-electron chi connectivity index (χ2n) is 10.3. The Hall–Kier alpha value is -2.86. The minimum atomic E-state index is -3.50. The molecule has 9 nitrogen and oxygen atoms in total. The predicted octanol–water partition coefficient (Wildman–Crippen LogP) is 2.41. The van der Waals surface area contributed by atoms with E-state index in [-0.39, 0.29) is 35.5 Å². The van der Waals surface area contributed by atoms with E-state index in [2.05, 4.69) is 10.2 Å². The molecule has 0 saturated carbocycles. The van der Waals surface area contributed by atoms with E-state index in [1.54, 1.807) is 43.3 Å². The number of halogens is 1. The van der Waals surface area contributed by atoms with Gasteiger partial charge in [-0.25, -0.2) is 12.8 Å². The van der Waals surface area contributed by atoms with Crippen LogP contribution in [0.25, 0.3) is 0 Å². The number of carbonyl (C=O) groups excluding carboxylic acids is 2. The average molecular weight is 575 g/mol. The Balaban J connectivity index is 1.37. The normalized spacial score (nSPS) is 17.4. The van der Waals surface area contributed by atoms with Crippen LogP contribution in [-0.2, 0) is 37.3 Å². The first kappa shape index (κ1) is 30.1. The highest BCUT2D eigenvalue weighted by Gasteiger charge is 2.28. The number of nitrogens with zero attached hydrogens (tertiary/aromatic N) is 3. The molecule has 0 aromatic heterocycles. The zero-order valence-corrected chi connectivity index (χ0v) is 23.9. The van der Waals surface area contributed by atoms with Gasteiger partial charge in [0.2, 0.25) is 21.8 Å². The molecule has 2 aromatic carbocycles. The van der Waals surface area contributed by atoms with Crippen LogP contribution in [0.4, 0.5) is 4.39 Å². The molecule has 1 atom stereocenters. The number of nitrogens with one attached hydrogen (secondary N) is 1. The van der Waals surface area contributed by atoms with E-state index in [1.165, 1.54) is 21.3 Å². The Bertz CT molecular complexity index is 1230. The number of hydrogen-bond acceptors (Lipinski definition) is 6. The monoisotopic (exact) mass is 574 g/mol. The molecule has 4 rings (SSSR count). The zero-order valence-electron chi connectivity index (χ0n) is 23.1. The molecule has 218 valence electrons. The maximum atomic E-state index is 13.5. The molecule has 40 heavy (non-hydrogen) atoms. The van der Waals surface area contributed by atoms with Crippen LogP contribution in [-0.4, -0.2) is 92.9 Å². The summed E-state index contributed by atoms with van der Waals surface area (Å²) in [6.07, 6.45) is 2.29. The molecule has 2 aliphatic heterocycles. The summed E-state index contributed by atoms with van der Waals surface area (Å²) in [5.41, 5.74) is 1.55. The van der Waals surface area contributed by atoms with Crippen molar-refractivity contribution in [3.63, 3.8) is 0 Å². The van der Waals surface area contributed by atoms with E-state index in [0.29, 0.717) is 45.8 Å². The number of ether oxygens (including phenoxy) is 1. The summed E-state index contributed by atoms with van der Waals surface area (Å²) < 4.78 is 45.9. The molecule has 11 heteroatoms. The third-order valence-corrected chi connectivity index (χ3v) is 9.43. The largest absolute Gasteiger partial charge is 0.379 e. The van der Waals surface area contributed by atoms with Crippen LogP contribution in [0.3, 0.4) is 0 Å². The van der Waals surface area contributed by atoms with E-state index in [9.17, 15) is 22.4 Å². The third kappa shape index (κ3) is 8.09. The highest BCUT2D eigenvalue weighted by molar-refractivity contribution is 7.89. The average Bonchev–Trinajstić information content (AvgIpc) is 3.52. The fourth-order valence-corrected chi connectivity index (χ4v) is 6.50. The first-order valence-electron chi connectivity index (χ1n) is 13.9. The molecule has 0 radical (unpaired) electrons. The fraction of sp³-hybridized carbons (Fsp3) is 0.517. The van der Waals surface area contributed by atoms with Crippen molar-refractivity contribution in [1.29, 1.82) is 0 Å². The van der Waals surface area contributed by atoms with Gasteiger partial charge in [0.15, 0.2) is 0 Å². The van der Waals surface area contributed by atoms with Gasteiger partial charge in [-0.2, -0.15) is 4.31 Å². The molecule has 0 unspecified atom stereocenters.